The third kappa shape index (κ3) is 3.44. The molecule has 0 saturated heterocycles. The molecule has 2 aromatic carbocycles. The maximum Gasteiger partial charge on any atom is 0.167 e. The molecule has 0 bridgehead atoms. The molecule has 0 fully saturated rings. The highest BCUT2D eigenvalue weighted by Gasteiger charge is 2.13. The first kappa shape index (κ1) is 18.1. The summed E-state index contributed by atoms with van der Waals surface area (Å²) in [6.07, 6.45) is 3.93. The molecule has 140 valence electrons. The van der Waals surface area contributed by atoms with Crippen LogP contribution in [0.5, 0.6) is 5.75 Å². The smallest absolute Gasteiger partial charge is 0.167 e. The van der Waals surface area contributed by atoms with Crippen molar-refractivity contribution >= 4 is 11.8 Å². The van der Waals surface area contributed by atoms with Crippen LogP contribution >= 0.6 is 0 Å². The molecule has 0 aliphatic rings. The van der Waals surface area contributed by atoms with Gasteiger partial charge < -0.3 is 9.14 Å². The summed E-state index contributed by atoms with van der Waals surface area (Å²) >= 11 is 0. The fourth-order valence-corrected chi connectivity index (χ4v) is 3.51. The molecule has 3 heteroatoms. The maximum atomic E-state index is 11.8. The number of pyridine rings is 1. The van der Waals surface area contributed by atoms with Crippen LogP contribution in [0.2, 0.25) is 0 Å². The predicted molar refractivity (Wildman–Crippen MR) is 113 cm³/mol. The van der Waals surface area contributed by atoms with Gasteiger partial charge in [0.05, 0.1) is 5.69 Å². The lowest BCUT2D eigenvalue weighted by Crippen LogP contribution is -1.97. The minimum absolute atomic E-state index is 0.538. The summed E-state index contributed by atoms with van der Waals surface area (Å²) in [6, 6.07) is 22.5. The zero-order valence-electron chi connectivity index (χ0n) is 16.2. The number of carbonyl (C=O) groups is 1. The molecular weight excluding hydrogens is 346 g/mol. The Hall–Kier alpha value is -3.33. The van der Waals surface area contributed by atoms with Crippen molar-refractivity contribution in [2.45, 2.75) is 26.9 Å². The lowest BCUT2D eigenvalue weighted by atomic mass is 10.0. The molecule has 0 amide bonds. The van der Waals surface area contributed by atoms with E-state index in [0.29, 0.717) is 12.3 Å². The van der Waals surface area contributed by atoms with Crippen molar-refractivity contribution in [1.29, 1.82) is 0 Å². The first-order chi connectivity index (χ1) is 13.7. The van der Waals surface area contributed by atoms with E-state index in [1.54, 1.807) is 0 Å². The first-order valence-electron chi connectivity index (χ1n) is 9.56. The highest BCUT2D eigenvalue weighted by atomic mass is 16.5. The standard InChI is InChI=1S/C25H23NO2/c1-3-19-9-11-22-14-23(24(16-27)26(22)15-19)21-10-12-25(18(2)13-21)28-17-20-7-5-4-6-8-20/h4-16H,3,17H2,1-2H3. The number of aryl methyl sites for hydroxylation is 2. The molecule has 0 spiro atoms. The Morgan fingerprint density at radius 3 is 2.50 bits per heavy atom. The van der Waals surface area contributed by atoms with Gasteiger partial charge in [-0.05, 0) is 59.9 Å². The second kappa shape index (κ2) is 7.73. The molecule has 2 heterocycles. The lowest BCUT2D eigenvalue weighted by Gasteiger charge is -2.11. The molecule has 0 aliphatic carbocycles. The van der Waals surface area contributed by atoms with E-state index in [2.05, 4.69) is 43.3 Å². The number of hydrogen-bond donors (Lipinski definition) is 0. The van der Waals surface area contributed by atoms with E-state index in [1.807, 2.05) is 47.9 Å². The van der Waals surface area contributed by atoms with Crippen molar-refractivity contribution in [2.24, 2.45) is 0 Å². The fourth-order valence-electron chi connectivity index (χ4n) is 3.51. The summed E-state index contributed by atoms with van der Waals surface area (Å²) < 4.78 is 7.97. The third-order valence-corrected chi connectivity index (χ3v) is 5.11. The van der Waals surface area contributed by atoms with Gasteiger partial charge in [0, 0.05) is 17.3 Å². The van der Waals surface area contributed by atoms with Crippen LogP contribution in [0.1, 0.15) is 34.1 Å². The van der Waals surface area contributed by atoms with Gasteiger partial charge in [0.2, 0.25) is 0 Å². The van der Waals surface area contributed by atoms with Crippen molar-refractivity contribution in [3.63, 3.8) is 0 Å². The van der Waals surface area contributed by atoms with Gasteiger partial charge in [-0.2, -0.15) is 0 Å². The second-order valence-corrected chi connectivity index (χ2v) is 7.00. The zero-order valence-corrected chi connectivity index (χ0v) is 16.2. The summed E-state index contributed by atoms with van der Waals surface area (Å²) in [7, 11) is 0. The number of aromatic nitrogens is 1. The lowest BCUT2D eigenvalue weighted by molar-refractivity contribution is 0.111. The van der Waals surface area contributed by atoms with E-state index in [9.17, 15) is 4.79 Å². The summed E-state index contributed by atoms with van der Waals surface area (Å²) in [6.45, 7) is 4.69. The molecule has 0 unspecified atom stereocenters. The zero-order chi connectivity index (χ0) is 19.5. The van der Waals surface area contributed by atoms with E-state index >= 15 is 0 Å². The number of ether oxygens (including phenoxy) is 1. The normalized spacial score (nSPS) is 10.9. The molecule has 4 rings (SSSR count). The van der Waals surface area contributed by atoms with Crippen LogP contribution in [-0.4, -0.2) is 10.7 Å². The van der Waals surface area contributed by atoms with Crippen molar-refractivity contribution < 1.29 is 9.53 Å². The quantitative estimate of drug-likeness (QED) is 0.398. The number of fused-ring (bicyclic) bond motifs is 1. The average Bonchev–Trinajstić information content (AvgIpc) is 3.11. The number of hydrogen-bond acceptors (Lipinski definition) is 2. The number of carbonyl (C=O) groups excluding carboxylic acids is 1. The van der Waals surface area contributed by atoms with Gasteiger partial charge in [-0.25, -0.2) is 0 Å². The monoisotopic (exact) mass is 369 g/mol. The molecular formula is C25H23NO2. The Labute approximate surface area is 165 Å². The fraction of sp³-hybridized carbons (Fsp3) is 0.160. The molecule has 2 aromatic heterocycles. The maximum absolute atomic E-state index is 11.8. The number of aldehydes is 1. The number of benzene rings is 2. The van der Waals surface area contributed by atoms with E-state index in [4.69, 9.17) is 4.74 Å². The van der Waals surface area contributed by atoms with Crippen molar-refractivity contribution in [1.82, 2.24) is 4.40 Å². The van der Waals surface area contributed by atoms with E-state index < -0.39 is 0 Å². The highest BCUT2D eigenvalue weighted by molar-refractivity contribution is 5.90. The predicted octanol–water partition coefficient (Wildman–Crippen LogP) is 5.87. The minimum atomic E-state index is 0.538. The minimum Gasteiger partial charge on any atom is -0.489 e. The van der Waals surface area contributed by atoms with Crippen molar-refractivity contribution in [2.75, 3.05) is 0 Å². The Balaban J connectivity index is 1.66. The number of nitrogens with zero attached hydrogens (tertiary/aromatic N) is 1. The van der Waals surface area contributed by atoms with Gasteiger partial charge in [-0.3, -0.25) is 4.79 Å². The summed E-state index contributed by atoms with van der Waals surface area (Å²) in [5.74, 6) is 0.859. The van der Waals surface area contributed by atoms with Gasteiger partial charge in [-0.15, -0.1) is 0 Å². The van der Waals surface area contributed by atoms with Gasteiger partial charge in [0.15, 0.2) is 6.29 Å². The van der Waals surface area contributed by atoms with Crippen molar-refractivity contribution in [3.05, 3.63) is 95.3 Å². The Bertz CT molecular complexity index is 1130. The first-order valence-corrected chi connectivity index (χ1v) is 9.56. The Morgan fingerprint density at radius 2 is 1.79 bits per heavy atom. The molecule has 4 aromatic rings. The summed E-state index contributed by atoms with van der Waals surface area (Å²) in [5.41, 5.74) is 7.07. The topological polar surface area (TPSA) is 30.7 Å². The van der Waals surface area contributed by atoms with Gasteiger partial charge in [-0.1, -0.05) is 49.4 Å². The summed E-state index contributed by atoms with van der Waals surface area (Å²) in [5, 5.41) is 0. The molecule has 28 heavy (non-hydrogen) atoms. The molecule has 0 N–H and O–H groups in total. The largest absolute Gasteiger partial charge is 0.489 e. The number of rotatable bonds is 6. The van der Waals surface area contributed by atoms with E-state index in [1.165, 1.54) is 5.56 Å². The molecule has 0 aliphatic heterocycles. The van der Waals surface area contributed by atoms with Crippen LogP contribution in [0.4, 0.5) is 0 Å². The van der Waals surface area contributed by atoms with Crippen LogP contribution in [-0.2, 0) is 13.0 Å². The van der Waals surface area contributed by atoms with Gasteiger partial charge in [0.25, 0.3) is 0 Å². The average molecular weight is 369 g/mol. The van der Waals surface area contributed by atoms with Crippen LogP contribution in [0.3, 0.4) is 0 Å². The SMILES string of the molecule is CCc1ccc2cc(-c3ccc(OCc4ccccc4)c(C)c3)c(C=O)n2c1. The van der Waals surface area contributed by atoms with Gasteiger partial charge >= 0.3 is 0 Å². The van der Waals surface area contributed by atoms with E-state index in [0.717, 1.165) is 46.2 Å². The second-order valence-electron chi connectivity index (χ2n) is 7.00. The Morgan fingerprint density at radius 1 is 0.964 bits per heavy atom. The molecule has 0 saturated carbocycles. The summed E-state index contributed by atoms with van der Waals surface area (Å²) in [4.78, 5) is 11.8. The van der Waals surface area contributed by atoms with Crippen LogP contribution in [0.15, 0.2) is 72.9 Å². The van der Waals surface area contributed by atoms with Crippen LogP contribution in [0, 0.1) is 6.92 Å². The van der Waals surface area contributed by atoms with E-state index in [-0.39, 0.29) is 0 Å². The molecule has 0 atom stereocenters. The highest BCUT2D eigenvalue weighted by Crippen LogP contribution is 2.31. The van der Waals surface area contributed by atoms with Gasteiger partial charge in [0.1, 0.15) is 12.4 Å². The Kier molecular flexibility index (Phi) is 4.98. The van der Waals surface area contributed by atoms with Crippen LogP contribution < -0.4 is 4.74 Å². The van der Waals surface area contributed by atoms with Crippen molar-refractivity contribution in [3.8, 4) is 16.9 Å². The molecule has 3 nitrogen and oxygen atoms in total. The molecule has 0 radical (unpaired) electrons. The third-order valence-electron chi connectivity index (χ3n) is 5.11. The van der Waals surface area contributed by atoms with Crippen LogP contribution in [0.25, 0.3) is 16.6 Å².